The predicted molar refractivity (Wildman–Crippen MR) is 279 cm³/mol. The van der Waals surface area contributed by atoms with Gasteiger partial charge >= 0.3 is 11.9 Å². The lowest BCUT2D eigenvalue weighted by Crippen LogP contribution is -2.47. The maximum absolute atomic E-state index is 13.9. The second kappa shape index (κ2) is 25.4. The molecule has 420 valence electrons. The number of methoxy groups -OCH3 is 1. The number of Topliss-reactive ketones (excluding diaryl/α,β-unsaturated/α-hetero) is 1. The molecule has 0 spiro atoms. The lowest BCUT2D eigenvalue weighted by Gasteiger charge is -2.19. The van der Waals surface area contributed by atoms with Crippen LogP contribution in [0.4, 0.5) is 11.9 Å². The van der Waals surface area contributed by atoms with E-state index in [-0.39, 0.29) is 114 Å². The number of aromatic nitrogens is 6. The number of esters is 1. The van der Waals surface area contributed by atoms with E-state index in [1.165, 1.54) is 31.4 Å². The van der Waals surface area contributed by atoms with Crippen molar-refractivity contribution in [2.24, 2.45) is 11.5 Å². The summed E-state index contributed by atoms with van der Waals surface area (Å²) in [6, 6.07) is 4.33. The number of carboxylic acids is 1. The molecule has 0 radical (unpaired) electrons. The number of carboxylic acid groups (broad SMARTS) is 1. The Hall–Kier alpha value is -10.0. The Labute approximate surface area is 453 Å². The molecule has 4 aromatic heterocycles. The van der Waals surface area contributed by atoms with E-state index < -0.39 is 90.9 Å². The zero-order valence-corrected chi connectivity index (χ0v) is 44.0. The van der Waals surface area contributed by atoms with Crippen molar-refractivity contribution in [2.45, 2.75) is 91.8 Å². The van der Waals surface area contributed by atoms with Crippen molar-refractivity contribution >= 4 is 93.0 Å². The molecule has 80 heavy (non-hydrogen) atoms. The summed E-state index contributed by atoms with van der Waals surface area (Å²) in [6.45, 7) is 5.77. The van der Waals surface area contributed by atoms with Gasteiger partial charge in [0.15, 0.2) is 17.6 Å². The highest BCUT2D eigenvalue weighted by molar-refractivity contribution is 6.14. The van der Waals surface area contributed by atoms with E-state index >= 15 is 0 Å². The quantitative estimate of drug-likeness (QED) is 0.0178. The highest BCUT2D eigenvalue weighted by atomic mass is 16.5. The van der Waals surface area contributed by atoms with Gasteiger partial charge in [-0.05, 0) is 43.5 Å². The van der Waals surface area contributed by atoms with E-state index in [0.29, 0.717) is 34.6 Å². The SMILES string of the molecule is CCc1nc(C)oc1C(=O)Nc1nc2cc(C(N)=O)cc(OC)c2n1C/C=C/Cn1c(NC(=O)c2oc(C)nc2CC)nc2cc(C(N)=O)cc(OCCCOC(=O)CCC(=O)[C@@H](CCC(=O)O)NC(=O)CN3C(=O)C=CC3=O)c21. The van der Waals surface area contributed by atoms with Crippen molar-refractivity contribution in [3.63, 3.8) is 0 Å². The second-order valence-electron chi connectivity index (χ2n) is 17.9. The number of carbonyl (C=O) groups is 10. The molecule has 0 unspecified atom stereocenters. The molecule has 2 aromatic carbocycles. The van der Waals surface area contributed by atoms with E-state index in [9.17, 15) is 53.1 Å². The van der Waals surface area contributed by atoms with Crippen molar-refractivity contribution in [3.8, 4) is 11.5 Å². The number of benzene rings is 2. The number of primary amides is 2. The van der Waals surface area contributed by atoms with Gasteiger partial charge < -0.3 is 54.1 Å². The van der Waals surface area contributed by atoms with Crippen LogP contribution in [-0.2, 0) is 59.4 Å². The number of ketones is 1. The summed E-state index contributed by atoms with van der Waals surface area (Å²) in [6.07, 6.45) is 4.50. The van der Waals surface area contributed by atoms with Gasteiger partial charge in [0, 0.05) is 69.5 Å². The van der Waals surface area contributed by atoms with Crippen LogP contribution in [0.15, 0.2) is 57.4 Å². The van der Waals surface area contributed by atoms with E-state index in [1.54, 1.807) is 42.1 Å². The van der Waals surface area contributed by atoms with Crippen LogP contribution in [0.3, 0.4) is 0 Å². The molecule has 5 heterocycles. The lowest BCUT2D eigenvalue weighted by atomic mass is 10.0. The molecule has 0 saturated carbocycles. The molecular weight excluding hydrogens is 1050 g/mol. The molecule has 0 bridgehead atoms. The first kappa shape index (κ1) is 57.7. The summed E-state index contributed by atoms with van der Waals surface area (Å²) in [5.41, 5.74) is 13.4. The Kier molecular flexibility index (Phi) is 18.3. The number of nitrogens with one attached hydrogen (secondary N) is 3. The first-order valence-corrected chi connectivity index (χ1v) is 25.0. The summed E-state index contributed by atoms with van der Waals surface area (Å²) in [5, 5.41) is 17.1. The third-order valence-electron chi connectivity index (χ3n) is 12.2. The van der Waals surface area contributed by atoms with Crippen LogP contribution in [0.1, 0.15) is 111 Å². The summed E-state index contributed by atoms with van der Waals surface area (Å²) in [7, 11) is 1.39. The standard InChI is InChI=1S/C52H56N12O16/c1-6-30-45(79-26(3)55-30)49(74)60-51-58-33-21-28(47(53)72)23-36(76-5)43(33)62(51)17-8-9-18-63-44-34(59-52(63)61-50(75)46-31(7-2)56-27(4)80-46)22-29(48(54)73)24-37(44)77-19-10-20-78-42(71)16-12-35(65)32(11-15-41(69)70)57-38(66)25-64-39(67)13-14-40(64)68/h8-9,13-14,21-24,32H,6-7,10-12,15-20,25H2,1-5H3,(H2,53,72)(H2,54,73)(H,57,66)(H,69,70)(H,58,60,74)(H,59,61,75)/b9-8+/t32-/m1/s1. The number of imidazole rings is 2. The smallest absolute Gasteiger partial charge is 0.306 e. The molecule has 7 rings (SSSR count). The Morgan fingerprint density at radius 2 is 1.23 bits per heavy atom. The van der Waals surface area contributed by atoms with E-state index in [0.717, 1.165) is 12.2 Å². The molecule has 7 amide bonds. The van der Waals surface area contributed by atoms with Crippen molar-refractivity contribution < 1.29 is 76.1 Å². The molecule has 6 aromatic rings. The molecular formula is C52H56N12O16. The van der Waals surface area contributed by atoms with Crippen molar-refractivity contribution in [2.75, 3.05) is 37.5 Å². The van der Waals surface area contributed by atoms with Crippen molar-refractivity contribution in [3.05, 3.63) is 94.4 Å². The number of allylic oxidation sites excluding steroid dienone is 2. The minimum atomic E-state index is -1.34. The van der Waals surface area contributed by atoms with Crippen LogP contribution in [-0.4, -0.2) is 131 Å². The molecule has 1 aliphatic rings. The van der Waals surface area contributed by atoms with E-state index in [2.05, 4.69) is 35.9 Å². The van der Waals surface area contributed by atoms with Crippen LogP contribution >= 0.6 is 0 Å². The van der Waals surface area contributed by atoms with Gasteiger partial charge in [0.1, 0.15) is 29.1 Å². The van der Waals surface area contributed by atoms with Crippen LogP contribution < -0.4 is 36.9 Å². The number of oxazole rings is 2. The maximum Gasteiger partial charge on any atom is 0.306 e. The fourth-order valence-corrected chi connectivity index (χ4v) is 8.46. The maximum atomic E-state index is 13.9. The summed E-state index contributed by atoms with van der Waals surface area (Å²) >= 11 is 0. The average molecular weight is 1110 g/mol. The zero-order valence-electron chi connectivity index (χ0n) is 44.0. The summed E-state index contributed by atoms with van der Waals surface area (Å²) in [5.74, 6) is -7.20. The van der Waals surface area contributed by atoms with Gasteiger partial charge in [0.25, 0.3) is 23.6 Å². The number of fused-ring (bicyclic) bond motifs is 2. The molecule has 0 aliphatic carbocycles. The number of nitrogens with zero attached hydrogens (tertiary/aromatic N) is 7. The topological polar surface area (TPSA) is 398 Å². The second-order valence-corrected chi connectivity index (χ2v) is 17.9. The molecule has 0 fully saturated rings. The number of hydrogen-bond acceptors (Lipinski definition) is 19. The molecule has 1 aliphatic heterocycles. The number of nitrogens with two attached hydrogens (primary N) is 2. The van der Waals surface area contributed by atoms with Gasteiger partial charge in [0.2, 0.25) is 41.1 Å². The third kappa shape index (κ3) is 13.6. The molecule has 0 saturated heterocycles. The number of hydrogen-bond donors (Lipinski definition) is 6. The number of imide groups is 1. The Balaban J connectivity index is 1.11. The van der Waals surface area contributed by atoms with Gasteiger partial charge in [0.05, 0.1) is 55.2 Å². The Morgan fingerprint density at radius 3 is 1.71 bits per heavy atom. The van der Waals surface area contributed by atoms with Crippen LogP contribution in [0.5, 0.6) is 11.5 Å². The minimum absolute atomic E-state index is 0.00442. The van der Waals surface area contributed by atoms with Crippen LogP contribution in [0.25, 0.3) is 22.1 Å². The number of carbonyl (C=O) groups excluding carboxylic acids is 9. The zero-order chi connectivity index (χ0) is 57.9. The molecule has 28 heteroatoms. The van der Waals surface area contributed by atoms with Crippen LogP contribution in [0, 0.1) is 13.8 Å². The first-order chi connectivity index (χ1) is 38.2. The molecule has 28 nitrogen and oxygen atoms in total. The number of anilines is 2. The largest absolute Gasteiger partial charge is 0.494 e. The van der Waals surface area contributed by atoms with Crippen molar-refractivity contribution in [1.82, 2.24) is 39.3 Å². The van der Waals surface area contributed by atoms with Gasteiger partial charge in [-0.2, -0.15) is 0 Å². The predicted octanol–water partition coefficient (Wildman–Crippen LogP) is 3.01. The highest BCUT2D eigenvalue weighted by Gasteiger charge is 2.30. The minimum Gasteiger partial charge on any atom is -0.494 e. The number of aryl methyl sites for hydroxylation is 4. The third-order valence-corrected chi connectivity index (χ3v) is 12.2. The van der Waals surface area contributed by atoms with Gasteiger partial charge in [-0.25, -0.2) is 19.9 Å². The lowest BCUT2D eigenvalue weighted by molar-refractivity contribution is -0.145. The fourth-order valence-electron chi connectivity index (χ4n) is 8.46. The van der Waals surface area contributed by atoms with E-state index in [4.69, 9.17) is 34.5 Å². The first-order valence-electron chi connectivity index (χ1n) is 25.0. The summed E-state index contributed by atoms with van der Waals surface area (Å²) < 4.78 is 31.7. The monoisotopic (exact) mass is 1100 g/mol. The number of aliphatic carboxylic acids is 1. The van der Waals surface area contributed by atoms with Crippen LogP contribution in [0.2, 0.25) is 0 Å². The van der Waals surface area contributed by atoms with Gasteiger partial charge in [-0.1, -0.05) is 26.0 Å². The number of rotatable bonds is 28. The van der Waals surface area contributed by atoms with Crippen molar-refractivity contribution in [1.29, 1.82) is 0 Å². The van der Waals surface area contributed by atoms with E-state index in [1.807, 2.05) is 6.92 Å². The fraction of sp³-hybridized carbons (Fsp3) is 0.346. The number of ether oxygens (including phenoxy) is 3. The number of amides is 7. The normalized spacial score (nSPS) is 12.6. The average Bonchev–Trinajstić information content (AvgIpc) is 4.40. The molecule has 1 atom stereocenters. The summed E-state index contributed by atoms with van der Waals surface area (Å²) in [4.78, 5) is 145. The highest BCUT2D eigenvalue weighted by Crippen LogP contribution is 2.33. The Morgan fingerprint density at radius 1 is 0.713 bits per heavy atom. The van der Waals surface area contributed by atoms with Gasteiger partial charge in [-0.15, -0.1) is 0 Å². The van der Waals surface area contributed by atoms with Gasteiger partial charge in [-0.3, -0.25) is 63.5 Å². The Bertz CT molecular complexity index is 3510. The molecule has 8 N–H and O–H groups in total.